The molecule has 1 amide bonds. The molecule has 0 radical (unpaired) electrons. The van der Waals surface area contributed by atoms with Gasteiger partial charge >= 0.3 is 0 Å². The minimum Gasteiger partial charge on any atom is -0.493 e. The summed E-state index contributed by atoms with van der Waals surface area (Å²) in [5, 5.41) is 3.17. The number of ether oxygens (including phenoxy) is 2. The molecule has 6 rings (SSSR count). The van der Waals surface area contributed by atoms with Gasteiger partial charge in [-0.05, 0) is 116 Å². The average molecular weight is 713 g/mol. The summed E-state index contributed by atoms with van der Waals surface area (Å²) in [7, 11) is 3.43. The number of fused-ring (bicyclic) bond motifs is 1. The Labute approximate surface area is 315 Å². The molecule has 5 aromatic rings. The maximum Gasteiger partial charge on any atom is 0.220 e. The molecule has 1 unspecified atom stereocenters. The standard InChI is InChI=1S/C47H53FN2O3/c1-52-44-34-38-28-33-50(43(42(38)35-45(44)53-2)26-22-36-14-6-3-7-15-36)32-13-30-47(39-16-8-4-9-17-39,40-18-10-5-11-19-40)29-12-31-49-46(51)27-23-37-20-24-41(48)25-21-37/h3-11,14-21,24-25,34-35,43H,12-13,22-23,26-33H2,1-2H3,(H,49,51). The second-order valence-corrected chi connectivity index (χ2v) is 14.2. The first kappa shape index (κ1) is 37.8. The van der Waals surface area contributed by atoms with Crippen LogP contribution in [0, 0.1) is 5.82 Å². The van der Waals surface area contributed by atoms with Gasteiger partial charge in [-0.25, -0.2) is 4.39 Å². The van der Waals surface area contributed by atoms with Crippen LogP contribution >= 0.6 is 0 Å². The third-order valence-corrected chi connectivity index (χ3v) is 11.0. The second-order valence-electron chi connectivity index (χ2n) is 14.2. The first-order valence-corrected chi connectivity index (χ1v) is 19.1. The Bertz CT molecular complexity index is 1830. The second kappa shape index (κ2) is 18.7. The molecule has 0 saturated heterocycles. The van der Waals surface area contributed by atoms with Crippen LogP contribution in [0.4, 0.5) is 4.39 Å². The molecule has 276 valence electrons. The molecule has 53 heavy (non-hydrogen) atoms. The smallest absolute Gasteiger partial charge is 0.220 e. The minimum absolute atomic E-state index is 0.0283. The van der Waals surface area contributed by atoms with E-state index in [-0.39, 0.29) is 23.2 Å². The van der Waals surface area contributed by atoms with Crippen LogP contribution in [0.1, 0.15) is 77.9 Å². The van der Waals surface area contributed by atoms with Crippen molar-refractivity contribution in [3.8, 4) is 11.5 Å². The SMILES string of the molecule is COc1cc2c(cc1OC)C(CCc1ccccc1)N(CCCC(CCCNC(=O)CCc1ccc(F)cc1)(c1ccccc1)c1ccccc1)CC2. The normalized spacial score (nSPS) is 14.4. The van der Waals surface area contributed by atoms with Crippen molar-refractivity contribution < 1.29 is 18.7 Å². The van der Waals surface area contributed by atoms with Crippen LogP contribution in [0.15, 0.2) is 127 Å². The summed E-state index contributed by atoms with van der Waals surface area (Å²) in [4.78, 5) is 15.5. The van der Waals surface area contributed by atoms with Crippen molar-refractivity contribution in [2.75, 3.05) is 33.9 Å². The lowest BCUT2D eigenvalue weighted by Crippen LogP contribution is -2.38. The average Bonchev–Trinajstić information content (AvgIpc) is 3.21. The third-order valence-electron chi connectivity index (χ3n) is 11.0. The Balaban J connectivity index is 1.18. The number of carbonyl (C=O) groups is 1. The number of hydrogen-bond acceptors (Lipinski definition) is 4. The highest BCUT2D eigenvalue weighted by molar-refractivity contribution is 5.76. The number of methoxy groups -OCH3 is 2. The maximum atomic E-state index is 13.3. The molecule has 5 aromatic carbocycles. The van der Waals surface area contributed by atoms with Crippen molar-refractivity contribution in [2.45, 2.75) is 69.2 Å². The van der Waals surface area contributed by atoms with E-state index in [2.05, 4.69) is 113 Å². The van der Waals surface area contributed by atoms with E-state index >= 15 is 0 Å². The lowest BCUT2D eigenvalue weighted by molar-refractivity contribution is -0.121. The minimum atomic E-state index is -0.260. The van der Waals surface area contributed by atoms with E-state index in [4.69, 9.17) is 9.47 Å². The molecular weight excluding hydrogens is 660 g/mol. The van der Waals surface area contributed by atoms with Gasteiger partial charge in [-0.2, -0.15) is 0 Å². The van der Waals surface area contributed by atoms with Crippen LogP contribution < -0.4 is 14.8 Å². The van der Waals surface area contributed by atoms with Crippen LogP contribution in [0.25, 0.3) is 0 Å². The number of benzene rings is 5. The monoisotopic (exact) mass is 712 g/mol. The van der Waals surface area contributed by atoms with Crippen molar-refractivity contribution in [3.63, 3.8) is 0 Å². The number of aryl methyl sites for hydroxylation is 2. The van der Waals surface area contributed by atoms with Crippen LogP contribution in [-0.4, -0.2) is 44.7 Å². The highest BCUT2D eigenvalue weighted by Crippen LogP contribution is 2.43. The van der Waals surface area contributed by atoms with E-state index in [0.717, 1.165) is 75.1 Å². The van der Waals surface area contributed by atoms with Crippen LogP contribution in [0.2, 0.25) is 0 Å². The van der Waals surface area contributed by atoms with E-state index < -0.39 is 0 Å². The van der Waals surface area contributed by atoms with E-state index in [0.29, 0.717) is 19.4 Å². The zero-order chi connectivity index (χ0) is 36.9. The first-order chi connectivity index (χ1) is 26.0. The van der Waals surface area contributed by atoms with E-state index in [1.165, 1.54) is 39.9 Å². The summed E-state index contributed by atoms with van der Waals surface area (Å²) < 4.78 is 24.8. The maximum absolute atomic E-state index is 13.3. The van der Waals surface area contributed by atoms with Crippen LogP contribution in [0.5, 0.6) is 11.5 Å². The lowest BCUT2D eigenvalue weighted by atomic mass is 9.68. The summed E-state index contributed by atoms with van der Waals surface area (Å²) >= 11 is 0. The van der Waals surface area contributed by atoms with Gasteiger partial charge in [0.2, 0.25) is 5.91 Å². The molecule has 1 N–H and O–H groups in total. The zero-order valence-electron chi connectivity index (χ0n) is 31.2. The fourth-order valence-electron chi connectivity index (χ4n) is 8.22. The van der Waals surface area contributed by atoms with E-state index in [1.807, 2.05) is 0 Å². The summed E-state index contributed by atoms with van der Waals surface area (Å²) in [6.45, 7) is 2.59. The Hall–Kier alpha value is -4.94. The molecule has 1 aliphatic heterocycles. The summed E-state index contributed by atoms with van der Waals surface area (Å²) in [6, 6.07) is 43.7. The Kier molecular flexibility index (Phi) is 13.3. The summed E-state index contributed by atoms with van der Waals surface area (Å²) in [5.41, 5.74) is 7.44. The first-order valence-electron chi connectivity index (χ1n) is 19.1. The summed E-state index contributed by atoms with van der Waals surface area (Å²) in [5.74, 6) is 1.35. The Morgan fingerprint density at radius 1 is 0.755 bits per heavy atom. The van der Waals surface area contributed by atoms with Gasteiger partial charge in [-0.15, -0.1) is 0 Å². The topological polar surface area (TPSA) is 50.8 Å². The quantitative estimate of drug-likeness (QED) is 0.0920. The molecule has 1 atom stereocenters. The Morgan fingerprint density at radius 3 is 1.98 bits per heavy atom. The lowest BCUT2D eigenvalue weighted by Gasteiger charge is -2.40. The van der Waals surface area contributed by atoms with Gasteiger partial charge in [0.1, 0.15) is 5.82 Å². The molecule has 0 aliphatic carbocycles. The summed E-state index contributed by atoms with van der Waals surface area (Å²) in [6.07, 6.45) is 7.76. The van der Waals surface area contributed by atoms with Gasteiger partial charge in [0.25, 0.3) is 0 Å². The molecule has 0 aromatic heterocycles. The highest BCUT2D eigenvalue weighted by atomic mass is 19.1. The molecule has 5 nitrogen and oxygen atoms in total. The predicted octanol–water partition coefficient (Wildman–Crippen LogP) is 9.67. The van der Waals surface area contributed by atoms with Gasteiger partial charge in [-0.3, -0.25) is 9.69 Å². The van der Waals surface area contributed by atoms with Crippen molar-refractivity contribution in [2.24, 2.45) is 0 Å². The van der Waals surface area contributed by atoms with Crippen LogP contribution in [-0.2, 0) is 29.5 Å². The van der Waals surface area contributed by atoms with Crippen molar-refractivity contribution in [1.82, 2.24) is 10.2 Å². The largest absolute Gasteiger partial charge is 0.493 e. The molecule has 1 aliphatic rings. The van der Waals surface area contributed by atoms with E-state index in [9.17, 15) is 9.18 Å². The number of hydrogen-bond donors (Lipinski definition) is 1. The van der Waals surface area contributed by atoms with Gasteiger partial charge in [0.05, 0.1) is 14.2 Å². The van der Waals surface area contributed by atoms with E-state index in [1.54, 1.807) is 26.4 Å². The molecule has 6 heteroatoms. The van der Waals surface area contributed by atoms with Crippen LogP contribution in [0.3, 0.4) is 0 Å². The number of halogens is 1. The van der Waals surface area contributed by atoms with Gasteiger partial charge < -0.3 is 14.8 Å². The van der Waals surface area contributed by atoms with Gasteiger partial charge in [0, 0.05) is 31.0 Å². The van der Waals surface area contributed by atoms with Crippen molar-refractivity contribution in [3.05, 3.63) is 167 Å². The number of amides is 1. The fourth-order valence-corrected chi connectivity index (χ4v) is 8.22. The molecule has 1 heterocycles. The fraction of sp³-hybridized carbons (Fsp3) is 0.340. The third kappa shape index (κ3) is 9.74. The Morgan fingerprint density at radius 2 is 1.34 bits per heavy atom. The predicted molar refractivity (Wildman–Crippen MR) is 212 cm³/mol. The number of rotatable bonds is 18. The molecule has 0 bridgehead atoms. The molecule has 0 fully saturated rings. The molecule has 0 saturated carbocycles. The van der Waals surface area contributed by atoms with Crippen molar-refractivity contribution in [1.29, 1.82) is 0 Å². The molecule has 0 spiro atoms. The number of carbonyl (C=O) groups excluding carboxylic acids is 1. The van der Waals surface area contributed by atoms with Crippen molar-refractivity contribution >= 4 is 5.91 Å². The number of nitrogens with zero attached hydrogens (tertiary/aromatic N) is 1. The highest BCUT2D eigenvalue weighted by Gasteiger charge is 2.35. The molecular formula is C47H53FN2O3. The zero-order valence-corrected chi connectivity index (χ0v) is 31.2. The van der Waals surface area contributed by atoms with Gasteiger partial charge in [0.15, 0.2) is 11.5 Å². The number of nitrogens with one attached hydrogen (secondary N) is 1. The van der Waals surface area contributed by atoms with Gasteiger partial charge in [-0.1, -0.05) is 103 Å².